The van der Waals surface area contributed by atoms with E-state index in [1.165, 1.54) is 16.8 Å². The van der Waals surface area contributed by atoms with Gasteiger partial charge in [-0.15, -0.1) is 0 Å². The van der Waals surface area contributed by atoms with Crippen molar-refractivity contribution < 1.29 is 0 Å². The number of nitrogens with one attached hydrogen (secondary N) is 1. The molecular weight excluding hydrogens is 280 g/mol. The molecule has 21 heavy (non-hydrogen) atoms. The Labute approximate surface area is 132 Å². The van der Waals surface area contributed by atoms with Crippen molar-refractivity contribution in [2.45, 2.75) is 27.3 Å². The summed E-state index contributed by atoms with van der Waals surface area (Å²) >= 11 is 6.23. The molecule has 0 bridgehead atoms. The summed E-state index contributed by atoms with van der Waals surface area (Å²) in [5, 5.41) is 4.16. The molecule has 2 rings (SSSR count). The van der Waals surface area contributed by atoms with Gasteiger partial charge < -0.3 is 10.2 Å². The number of aryl methyl sites for hydroxylation is 1. The molecule has 0 saturated heterocycles. The summed E-state index contributed by atoms with van der Waals surface area (Å²) in [4.78, 5) is 2.34. The molecule has 0 aliphatic rings. The van der Waals surface area contributed by atoms with Gasteiger partial charge in [0, 0.05) is 25.3 Å². The molecule has 2 nitrogen and oxygen atoms in total. The summed E-state index contributed by atoms with van der Waals surface area (Å²) < 4.78 is 0. The highest BCUT2D eigenvalue weighted by Crippen LogP contribution is 2.23. The lowest BCUT2D eigenvalue weighted by molar-refractivity contribution is 0.865. The molecule has 0 unspecified atom stereocenters. The van der Waals surface area contributed by atoms with Gasteiger partial charge in [-0.1, -0.05) is 29.8 Å². The van der Waals surface area contributed by atoms with E-state index in [0.29, 0.717) is 0 Å². The van der Waals surface area contributed by atoms with Crippen LogP contribution in [0.1, 0.15) is 25.0 Å². The van der Waals surface area contributed by atoms with Crippen molar-refractivity contribution in [1.29, 1.82) is 0 Å². The third kappa shape index (κ3) is 4.15. The van der Waals surface area contributed by atoms with Crippen molar-refractivity contribution in [1.82, 2.24) is 0 Å². The Kier molecular flexibility index (Phi) is 5.51. The highest BCUT2D eigenvalue weighted by atomic mass is 35.5. The van der Waals surface area contributed by atoms with Crippen molar-refractivity contribution in [3.05, 3.63) is 58.6 Å². The maximum Gasteiger partial charge on any atom is 0.0640 e. The molecule has 0 radical (unpaired) electrons. The summed E-state index contributed by atoms with van der Waals surface area (Å²) in [7, 11) is 0. The molecule has 0 aromatic heterocycles. The molecule has 1 N–H and O–H groups in total. The number of halogens is 1. The summed E-state index contributed by atoms with van der Waals surface area (Å²) in [6, 6.07) is 14.8. The largest absolute Gasteiger partial charge is 0.380 e. The fourth-order valence-electron chi connectivity index (χ4n) is 2.37. The fraction of sp³-hybridized carbons (Fsp3) is 0.333. The van der Waals surface area contributed by atoms with Gasteiger partial charge in [0.25, 0.3) is 0 Å². The molecule has 0 spiro atoms. The predicted molar refractivity (Wildman–Crippen MR) is 93.5 cm³/mol. The highest BCUT2D eigenvalue weighted by molar-refractivity contribution is 6.33. The van der Waals surface area contributed by atoms with E-state index in [4.69, 9.17) is 11.6 Å². The first-order chi connectivity index (χ1) is 10.1. The van der Waals surface area contributed by atoms with Gasteiger partial charge in [-0.2, -0.15) is 0 Å². The van der Waals surface area contributed by atoms with Crippen molar-refractivity contribution in [3.8, 4) is 0 Å². The zero-order valence-electron chi connectivity index (χ0n) is 13.0. The van der Waals surface area contributed by atoms with E-state index in [9.17, 15) is 0 Å². The van der Waals surface area contributed by atoms with Crippen LogP contribution < -0.4 is 10.2 Å². The minimum absolute atomic E-state index is 0.773. The Bertz CT molecular complexity index is 574. The molecule has 2 aromatic rings. The Morgan fingerprint density at radius 3 is 2.24 bits per heavy atom. The Hall–Kier alpha value is -1.67. The smallest absolute Gasteiger partial charge is 0.0640 e. The molecule has 0 atom stereocenters. The normalized spacial score (nSPS) is 10.5. The van der Waals surface area contributed by atoms with Crippen LogP contribution in [0.4, 0.5) is 11.4 Å². The SMILES string of the molecule is CCN(CC)c1ccc(CNc2ccc(C)cc2Cl)cc1. The zero-order valence-corrected chi connectivity index (χ0v) is 13.7. The minimum Gasteiger partial charge on any atom is -0.380 e. The molecule has 112 valence electrons. The van der Waals surface area contributed by atoms with Crippen molar-refractivity contribution in [3.63, 3.8) is 0 Å². The number of benzene rings is 2. The monoisotopic (exact) mass is 302 g/mol. The van der Waals surface area contributed by atoms with Gasteiger partial charge in [-0.3, -0.25) is 0 Å². The van der Waals surface area contributed by atoms with Gasteiger partial charge >= 0.3 is 0 Å². The van der Waals surface area contributed by atoms with Gasteiger partial charge in [0.1, 0.15) is 0 Å². The number of hydrogen-bond donors (Lipinski definition) is 1. The lowest BCUT2D eigenvalue weighted by atomic mass is 10.1. The van der Waals surface area contributed by atoms with E-state index in [1.54, 1.807) is 0 Å². The van der Waals surface area contributed by atoms with Crippen LogP contribution in [0.2, 0.25) is 5.02 Å². The Morgan fingerprint density at radius 2 is 1.67 bits per heavy atom. The lowest BCUT2D eigenvalue weighted by Crippen LogP contribution is -2.21. The quantitative estimate of drug-likeness (QED) is 0.798. The molecule has 3 heteroatoms. The third-order valence-electron chi connectivity index (χ3n) is 3.67. The molecule has 0 aliphatic heterocycles. The minimum atomic E-state index is 0.773. The predicted octanol–water partition coefficient (Wildman–Crippen LogP) is 5.11. The van der Waals surface area contributed by atoms with Crippen molar-refractivity contribution >= 4 is 23.0 Å². The van der Waals surface area contributed by atoms with Crippen LogP contribution in [0, 0.1) is 6.92 Å². The second-order valence-corrected chi connectivity index (χ2v) is 5.58. The summed E-state index contributed by atoms with van der Waals surface area (Å²) in [5.74, 6) is 0. The van der Waals surface area contributed by atoms with Crippen LogP contribution in [0.5, 0.6) is 0 Å². The van der Waals surface area contributed by atoms with E-state index >= 15 is 0 Å². The van der Waals surface area contributed by atoms with E-state index in [-0.39, 0.29) is 0 Å². The van der Waals surface area contributed by atoms with Crippen LogP contribution >= 0.6 is 11.6 Å². The summed E-state index contributed by atoms with van der Waals surface area (Å²) in [5.41, 5.74) is 4.68. The van der Waals surface area contributed by atoms with Gasteiger partial charge in [-0.25, -0.2) is 0 Å². The highest BCUT2D eigenvalue weighted by Gasteiger charge is 2.03. The Morgan fingerprint density at radius 1 is 1.00 bits per heavy atom. The number of hydrogen-bond acceptors (Lipinski definition) is 2. The molecule has 0 saturated carbocycles. The average Bonchev–Trinajstić information content (AvgIpc) is 2.49. The van der Waals surface area contributed by atoms with Crippen LogP contribution in [0.25, 0.3) is 0 Å². The van der Waals surface area contributed by atoms with E-state index in [1.807, 2.05) is 19.1 Å². The molecule has 2 aromatic carbocycles. The van der Waals surface area contributed by atoms with Crippen LogP contribution in [-0.4, -0.2) is 13.1 Å². The van der Waals surface area contributed by atoms with Crippen molar-refractivity contribution in [2.24, 2.45) is 0 Å². The second kappa shape index (κ2) is 7.37. The van der Waals surface area contributed by atoms with E-state index in [2.05, 4.69) is 54.4 Å². The van der Waals surface area contributed by atoms with Crippen LogP contribution in [0.15, 0.2) is 42.5 Å². The van der Waals surface area contributed by atoms with E-state index < -0.39 is 0 Å². The lowest BCUT2D eigenvalue weighted by Gasteiger charge is -2.21. The van der Waals surface area contributed by atoms with Gasteiger partial charge in [-0.05, 0) is 56.2 Å². The molecule has 0 amide bonds. The first kappa shape index (κ1) is 15.7. The van der Waals surface area contributed by atoms with Crippen LogP contribution in [0.3, 0.4) is 0 Å². The third-order valence-corrected chi connectivity index (χ3v) is 3.99. The first-order valence-corrected chi connectivity index (χ1v) is 7.85. The fourth-order valence-corrected chi connectivity index (χ4v) is 2.68. The van der Waals surface area contributed by atoms with Gasteiger partial charge in [0.05, 0.1) is 10.7 Å². The number of rotatable bonds is 6. The van der Waals surface area contributed by atoms with Crippen LogP contribution in [-0.2, 0) is 6.54 Å². The molecule has 0 heterocycles. The zero-order chi connectivity index (χ0) is 15.2. The maximum absolute atomic E-state index is 6.23. The molecule has 0 aliphatic carbocycles. The number of nitrogens with zero attached hydrogens (tertiary/aromatic N) is 1. The molecule has 0 fully saturated rings. The summed E-state index contributed by atoms with van der Waals surface area (Å²) in [6.07, 6.45) is 0. The van der Waals surface area contributed by atoms with Gasteiger partial charge in [0.15, 0.2) is 0 Å². The second-order valence-electron chi connectivity index (χ2n) is 5.18. The number of anilines is 2. The Balaban J connectivity index is 2.00. The topological polar surface area (TPSA) is 15.3 Å². The molecular formula is C18H23ClN2. The average molecular weight is 303 g/mol. The van der Waals surface area contributed by atoms with Crippen molar-refractivity contribution in [2.75, 3.05) is 23.3 Å². The van der Waals surface area contributed by atoms with E-state index in [0.717, 1.165) is 30.3 Å². The van der Waals surface area contributed by atoms with Gasteiger partial charge in [0.2, 0.25) is 0 Å². The first-order valence-electron chi connectivity index (χ1n) is 7.48. The standard InChI is InChI=1S/C18H23ClN2/c1-4-21(5-2)16-9-7-15(8-10-16)13-20-18-11-6-14(3)12-17(18)19/h6-12,20H,4-5,13H2,1-3H3. The summed E-state index contributed by atoms with van der Waals surface area (Å²) in [6.45, 7) is 9.25. The maximum atomic E-state index is 6.23.